The summed E-state index contributed by atoms with van der Waals surface area (Å²) in [7, 11) is -2.58. The first kappa shape index (κ1) is 20.1. The molecule has 122 valence electrons. The summed E-state index contributed by atoms with van der Waals surface area (Å²) in [6.45, 7) is 13.0. The largest absolute Gasteiger partial charge is 0.501 e. The van der Waals surface area contributed by atoms with Crippen molar-refractivity contribution in [2.24, 2.45) is 5.73 Å². The SMILES string of the molecule is CC(C)O[Si](CCCCCCN)(OC(C)C)OC(C)C. The van der Waals surface area contributed by atoms with E-state index in [4.69, 9.17) is 19.0 Å². The van der Waals surface area contributed by atoms with Crippen molar-refractivity contribution in [3.63, 3.8) is 0 Å². The monoisotopic (exact) mass is 305 g/mol. The Morgan fingerprint density at radius 3 is 1.45 bits per heavy atom. The number of hydrogen-bond donors (Lipinski definition) is 1. The molecule has 0 aromatic rings. The highest BCUT2D eigenvalue weighted by Gasteiger charge is 2.43. The molecule has 2 N–H and O–H groups in total. The Kier molecular flexibility index (Phi) is 10.8. The molecule has 0 fully saturated rings. The molecule has 5 heteroatoms. The second kappa shape index (κ2) is 10.7. The van der Waals surface area contributed by atoms with E-state index in [0.29, 0.717) is 0 Å². The molecule has 0 aliphatic heterocycles. The molecule has 0 aliphatic carbocycles. The first-order valence-corrected chi connectivity index (χ1v) is 9.98. The molecule has 20 heavy (non-hydrogen) atoms. The van der Waals surface area contributed by atoms with E-state index in [9.17, 15) is 0 Å². The minimum atomic E-state index is -2.58. The van der Waals surface area contributed by atoms with E-state index in [-0.39, 0.29) is 18.3 Å². The van der Waals surface area contributed by atoms with Gasteiger partial charge in [0, 0.05) is 24.4 Å². The van der Waals surface area contributed by atoms with Crippen molar-refractivity contribution in [2.75, 3.05) is 6.54 Å². The molecule has 0 saturated heterocycles. The summed E-state index contributed by atoms with van der Waals surface area (Å²) in [5.41, 5.74) is 5.53. The second-order valence-corrected chi connectivity index (χ2v) is 8.71. The van der Waals surface area contributed by atoms with Crippen LogP contribution in [0, 0.1) is 0 Å². The topological polar surface area (TPSA) is 53.7 Å². The summed E-state index contributed by atoms with van der Waals surface area (Å²) in [6.07, 6.45) is 4.89. The molecular weight excluding hydrogens is 270 g/mol. The van der Waals surface area contributed by atoms with Gasteiger partial charge in [-0.3, -0.25) is 0 Å². The van der Waals surface area contributed by atoms with Crippen LogP contribution in [-0.4, -0.2) is 33.7 Å². The van der Waals surface area contributed by atoms with Crippen LogP contribution in [0.3, 0.4) is 0 Å². The van der Waals surface area contributed by atoms with Crippen molar-refractivity contribution in [3.05, 3.63) is 0 Å². The van der Waals surface area contributed by atoms with E-state index in [0.717, 1.165) is 31.9 Å². The summed E-state index contributed by atoms with van der Waals surface area (Å²) < 4.78 is 18.4. The fraction of sp³-hybridized carbons (Fsp3) is 1.00. The van der Waals surface area contributed by atoms with Gasteiger partial charge in [0.25, 0.3) is 0 Å². The first-order valence-electron chi connectivity index (χ1n) is 8.05. The van der Waals surface area contributed by atoms with Gasteiger partial charge in [-0.1, -0.05) is 12.8 Å². The molecule has 0 bridgehead atoms. The molecule has 0 rings (SSSR count). The van der Waals surface area contributed by atoms with Crippen molar-refractivity contribution in [3.8, 4) is 0 Å². The number of rotatable bonds is 12. The van der Waals surface area contributed by atoms with Crippen LogP contribution in [-0.2, 0) is 13.3 Å². The minimum Gasteiger partial charge on any atom is -0.371 e. The van der Waals surface area contributed by atoms with Gasteiger partial charge in [-0.05, 0) is 60.9 Å². The van der Waals surface area contributed by atoms with E-state index in [1.54, 1.807) is 0 Å². The van der Waals surface area contributed by atoms with Gasteiger partial charge in [-0.15, -0.1) is 0 Å². The molecular formula is C15H35NO3Si. The number of unbranched alkanes of at least 4 members (excludes halogenated alkanes) is 3. The number of hydrogen-bond acceptors (Lipinski definition) is 4. The third-order valence-corrected chi connectivity index (χ3v) is 6.14. The molecule has 0 aromatic carbocycles. The molecule has 0 spiro atoms. The van der Waals surface area contributed by atoms with Crippen molar-refractivity contribution < 1.29 is 13.3 Å². The van der Waals surface area contributed by atoms with Gasteiger partial charge in [0.15, 0.2) is 0 Å². The zero-order chi connectivity index (χ0) is 15.6. The maximum atomic E-state index is 6.14. The molecule has 0 aliphatic rings. The van der Waals surface area contributed by atoms with Crippen LogP contribution < -0.4 is 5.73 Å². The van der Waals surface area contributed by atoms with Crippen LogP contribution in [0.1, 0.15) is 67.2 Å². The molecule has 0 atom stereocenters. The summed E-state index contributed by atoms with van der Waals surface area (Å²) in [5, 5.41) is 0. The van der Waals surface area contributed by atoms with Gasteiger partial charge in [0.05, 0.1) is 0 Å². The molecule has 0 radical (unpaired) electrons. The van der Waals surface area contributed by atoms with Crippen LogP contribution in [0.5, 0.6) is 0 Å². The van der Waals surface area contributed by atoms with Crippen molar-refractivity contribution in [2.45, 2.75) is 91.6 Å². The molecule has 4 nitrogen and oxygen atoms in total. The normalized spacial score (nSPS) is 12.9. The van der Waals surface area contributed by atoms with E-state index in [1.807, 2.05) is 41.5 Å². The van der Waals surface area contributed by atoms with E-state index < -0.39 is 8.80 Å². The average molecular weight is 306 g/mol. The highest BCUT2D eigenvalue weighted by atomic mass is 28.4. The zero-order valence-electron chi connectivity index (χ0n) is 14.3. The maximum absolute atomic E-state index is 6.14. The highest BCUT2D eigenvalue weighted by Crippen LogP contribution is 2.24. The third-order valence-electron chi connectivity index (χ3n) is 2.68. The van der Waals surface area contributed by atoms with Gasteiger partial charge in [-0.2, -0.15) is 0 Å². The van der Waals surface area contributed by atoms with Gasteiger partial charge in [-0.25, -0.2) is 0 Å². The zero-order valence-corrected chi connectivity index (χ0v) is 15.3. The lowest BCUT2D eigenvalue weighted by molar-refractivity contribution is 0.00278. The molecule has 0 heterocycles. The Labute approximate surface area is 126 Å². The molecule has 0 unspecified atom stereocenters. The Morgan fingerprint density at radius 2 is 1.10 bits per heavy atom. The lowest BCUT2D eigenvalue weighted by Gasteiger charge is -2.34. The molecule has 0 aromatic heterocycles. The van der Waals surface area contributed by atoms with Crippen molar-refractivity contribution in [1.29, 1.82) is 0 Å². The van der Waals surface area contributed by atoms with E-state index in [2.05, 4.69) is 0 Å². The Hall–Kier alpha value is 0.0569. The van der Waals surface area contributed by atoms with E-state index in [1.165, 1.54) is 6.42 Å². The van der Waals surface area contributed by atoms with Crippen LogP contribution in [0.15, 0.2) is 0 Å². The Balaban J connectivity index is 4.60. The molecule has 0 saturated carbocycles. The van der Waals surface area contributed by atoms with Crippen LogP contribution in [0.4, 0.5) is 0 Å². The van der Waals surface area contributed by atoms with Gasteiger partial charge in [0.1, 0.15) is 0 Å². The predicted molar refractivity (Wildman–Crippen MR) is 86.7 cm³/mol. The lowest BCUT2D eigenvalue weighted by atomic mass is 10.2. The molecule has 0 amide bonds. The van der Waals surface area contributed by atoms with Crippen LogP contribution in [0.2, 0.25) is 6.04 Å². The summed E-state index contributed by atoms with van der Waals surface area (Å²) in [5.74, 6) is 0. The van der Waals surface area contributed by atoms with Gasteiger partial charge >= 0.3 is 8.80 Å². The highest BCUT2D eigenvalue weighted by molar-refractivity contribution is 6.60. The third kappa shape index (κ3) is 9.88. The van der Waals surface area contributed by atoms with Crippen molar-refractivity contribution in [1.82, 2.24) is 0 Å². The van der Waals surface area contributed by atoms with Crippen LogP contribution >= 0.6 is 0 Å². The van der Waals surface area contributed by atoms with Gasteiger partial charge < -0.3 is 19.0 Å². The predicted octanol–water partition coefficient (Wildman–Crippen LogP) is 3.72. The Bertz CT molecular complexity index is 209. The van der Waals surface area contributed by atoms with E-state index >= 15 is 0 Å². The van der Waals surface area contributed by atoms with Crippen LogP contribution in [0.25, 0.3) is 0 Å². The smallest absolute Gasteiger partial charge is 0.371 e. The first-order chi connectivity index (χ1) is 9.31. The summed E-state index contributed by atoms with van der Waals surface area (Å²) in [4.78, 5) is 0. The number of nitrogens with two attached hydrogens (primary N) is 1. The Morgan fingerprint density at radius 1 is 0.700 bits per heavy atom. The second-order valence-electron chi connectivity index (χ2n) is 6.14. The maximum Gasteiger partial charge on any atom is 0.501 e. The van der Waals surface area contributed by atoms with Crippen molar-refractivity contribution >= 4 is 8.80 Å². The fourth-order valence-corrected chi connectivity index (χ4v) is 5.53. The fourth-order valence-electron chi connectivity index (χ4n) is 2.18. The summed E-state index contributed by atoms with van der Waals surface area (Å²) >= 11 is 0. The minimum absolute atomic E-state index is 0.128. The standard InChI is InChI=1S/C15H35NO3Si/c1-13(2)17-20(18-14(3)4,19-15(5)6)12-10-8-7-9-11-16/h13-15H,7-12,16H2,1-6H3. The van der Waals surface area contributed by atoms with Gasteiger partial charge in [0.2, 0.25) is 0 Å². The average Bonchev–Trinajstić information content (AvgIpc) is 2.25. The summed E-state index contributed by atoms with van der Waals surface area (Å²) in [6, 6.07) is 0.895. The quantitative estimate of drug-likeness (QED) is 0.441. The lowest BCUT2D eigenvalue weighted by Crippen LogP contribution is -2.50.